The molecule has 2 unspecified atom stereocenters. The Morgan fingerprint density at radius 1 is 1.43 bits per heavy atom. The highest BCUT2D eigenvalue weighted by atomic mass is 32.1. The molecule has 1 aliphatic carbocycles. The van der Waals surface area contributed by atoms with Gasteiger partial charge in [-0.3, -0.25) is 10.1 Å². The minimum Gasteiger partial charge on any atom is -0.315 e. The first kappa shape index (κ1) is 15.0. The summed E-state index contributed by atoms with van der Waals surface area (Å²) in [5.41, 5.74) is -0.0420. The van der Waals surface area contributed by atoms with Crippen LogP contribution in [0.3, 0.4) is 0 Å². The minimum atomic E-state index is -0.0420. The zero-order valence-corrected chi connectivity index (χ0v) is 14.1. The lowest BCUT2D eigenvalue weighted by Crippen LogP contribution is -2.49. The molecule has 0 bridgehead atoms. The van der Waals surface area contributed by atoms with E-state index < -0.39 is 0 Å². The minimum absolute atomic E-state index is 0.00456. The number of hydrogen-bond donors (Lipinski definition) is 1. The number of thiophene rings is 1. The van der Waals surface area contributed by atoms with Crippen molar-refractivity contribution in [3.63, 3.8) is 0 Å². The molecule has 4 heteroatoms. The highest BCUT2D eigenvalue weighted by Crippen LogP contribution is 2.47. The van der Waals surface area contributed by atoms with Gasteiger partial charge < -0.3 is 4.90 Å². The molecule has 2 fully saturated rings. The van der Waals surface area contributed by atoms with Gasteiger partial charge in [-0.2, -0.15) is 0 Å². The van der Waals surface area contributed by atoms with E-state index in [0.717, 1.165) is 19.3 Å². The molecule has 1 amide bonds. The van der Waals surface area contributed by atoms with E-state index in [4.69, 9.17) is 0 Å². The van der Waals surface area contributed by atoms with Gasteiger partial charge in [0.05, 0.1) is 6.04 Å². The molecular formula is C17H26N2OS. The van der Waals surface area contributed by atoms with Crippen molar-refractivity contribution < 1.29 is 4.79 Å². The highest BCUT2D eigenvalue weighted by molar-refractivity contribution is 7.10. The number of amides is 1. The van der Waals surface area contributed by atoms with Gasteiger partial charge in [0, 0.05) is 10.4 Å². The fourth-order valence-electron chi connectivity index (χ4n) is 3.51. The van der Waals surface area contributed by atoms with E-state index in [1.165, 1.54) is 17.7 Å². The van der Waals surface area contributed by atoms with Gasteiger partial charge in [0.2, 0.25) is 5.91 Å². The SMILES string of the molecule is CCCCC1NC(c2cccs2)N(C(C)(C)C2CC2)C1=O. The Balaban J connectivity index is 1.87. The topological polar surface area (TPSA) is 32.3 Å². The zero-order valence-electron chi connectivity index (χ0n) is 13.3. The zero-order chi connectivity index (χ0) is 15.0. The Morgan fingerprint density at radius 3 is 2.76 bits per heavy atom. The van der Waals surface area contributed by atoms with E-state index in [0.29, 0.717) is 11.8 Å². The summed E-state index contributed by atoms with van der Waals surface area (Å²) < 4.78 is 0. The summed E-state index contributed by atoms with van der Waals surface area (Å²) >= 11 is 1.74. The van der Waals surface area contributed by atoms with Crippen LogP contribution in [0.15, 0.2) is 17.5 Å². The molecule has 21 heavy (non-hydrogen) atoms. The summed E-state index contributed by atoms with van der Waals surface area (Å²) in [6.07, 6.45) is 5.78. The predicted molar refractivity (Wildman–Crippen MR) is 87.2 cm³/mol. The van der Waals surface area contributed by atoms with Gasteiger partial charge >= 0.3 is 0 Å². The average molecular weight is 306 g/mol. The van der Waals surface area contributed by atoms with Gasteiger partial charge in [0.25, 0.3) is 0 Å². The first-order valence-electron chi connectivity index (χ1n) is 8.18. The number of carbonyl (C=O) groups excluding carboxylic acids is 1. The molecule has 116 valence electrons. The standard InChI is InChI=1S/C17H26N2OS/c1-4-5-7-13-16(20)19(17(2,3)12-9-10-12)15(18-13)14-8-6-11-21-14/h6,8,11-13,15,18H,4-5,7,9-10H2,1-3H3. The number of carbonyl (C=O) groups is 1. The molecule has 1 aromatic rings. The molecular weight excluding hydrogens is 280 g/mol. The third kappa shape index (κ3) is 2.76. The van der Waals surface area contributed by atoms with Crippen LogP contribution >= 0.6 is 11.3 Å². The number of unbranched alkanes of at least 4 members (excludes halogenated alkanes) is 1. The van der Waals surface area contributed by atoms with Crippen molar-refractivity contribution in [2.24, 2.45) is 5.92 Å². The Hall–Kier alpha value is -0.870. The van der Waals surface area contributed by atoms with Crippen LogP contribution in [0.1, 0.15) is 63.9 Å². The third-order valence-electron chi connectivity index (χ3n) is 5.01. The van der Waals surface area contributed by atoms with Crippen molar-refractivity contribution in [3.8, 4) is 0 Å². The number of rotatable bonds is 6. The molecule has 2 atom stereocenters. The van der Waals surface area contributed by atoms with Gasteiger partial charge in [-0.15, -0.1) is 11.3 Å². The maximum Gasteiger partial charge on any atom is 0.241 e. The van der Waals surface area contributed by atoms with Gasteiger partial charge in [-0.1, -0.05) is 25.8 Å². The van der Waals surface area contributed by atoms with Crippen LogP contribution in [0.25, 0.3) is 0 Å². The first-order valence-corrected chi connectivity index (χ1v) is 9.06. The summed E-state index contributed by atoms with van der Waals surface area (Å²) in [5.74, 6) is 0.967. The highest BCUT2D eigenvalue weighted by Gasteiger charge is 2.52. The van der Waals surface area contributed by atoms with Crippen molar-refractivity contribution in [1.29, 1.82) is 0 Å². The Labute approximate surface area is 131 Å². The maximum absolute atomic E-state index is 13.0. The summed E-state index contributed by atoms with van der Waals surface area (Å²) in [6, 6.07) is 4.22. The van der Waals surface area contributed by atoms with Crippen molar-refractivity contribution in [3.05, 3.63) is 22.4 Å². The van der Waals surface area contributed by atoms with Crippen LogP contribution in [0.4, 0.5) is 0 Å². The molecule has 0 radical (unpaired) electrons. The molecule has 0 aromatic carbocycles. The van der Waals surface area contributed by atoms with E-state index in [9.17, 15) is 4.79 Å². The summed E-state index contributed by atoms with van der Waals surface area (Å²) in [7, 11) is 0. The monoisotopic (exact) mass is 306 g/mol. The van der Waals surface area contributed by atoms with Gasteiger partial charge in [-0.25, -0.2) is 0 Å². The van der Waals surface area contributed by atoms with Crippen LogP contribution in [0, 0.1) is 5.92 Å². The van der Waals surface area contributed by atoms with Crippen molar-refractivity contribution in [2.45, 2.75) is 70.6 Å². The van der Waals surface area contributed by atoms with E-state index in [2.05, 4.69) is 48.5 Å². The molecule has 3 rings (SSSR count). The molecule has 2 aliphatic rings. The largest absolute Gasteiger partial charge is 0.315 e. The second-order valence-corrected chi connectivity index (χ2v) is 7.89. The third-order valence-corrected chi connectivity index (χ3v) is 5.93. The lowest BCUT2D eigenvalue weighted by atomic mass is 9.95. The van der Waals surface area contributed by atoms with Gasteiger partial charge in [-0.05, 0) is 50.5 Å². The summed E-state index contributed by atoms with van der Waals surface area (Å²) in [5, 5.41) is 5.70. The Morgan fingerprint density at radius 2 is 2.19 bits per heavy atom. The normalized spacial score (nSPS) is 26.6. The fraction of sp³-hybridized carbons (Fsp3) is 0.706. The second kappa shape index (κ2) is 5.73. The lowest BCUT2D eigenvalue weighted by Gasteiger charge is -2.39. The molecule has 3 nitrogen and oxygen atoms in total. The van der Waals surface area contributed by atoms with E-state index >= 15 is 0 Å². The van der Waals surface area contributed by atoms with Crippen molar-refractivity contribution >= 4 is 17.2 Å². The quantitative estimate of drug-likeness (QED) is 0.864. The van der Waals surface area contributed by atoms with E-state index in [1.807, 2.05) is 0 Å². The smallest absolute Gasteiger partial charge is 0.241 e. The fourth-order valence-corrected chi connectivity index (χ4v) is 4.28. The van der Waals surface area contributed by atoms with Crippen LogP contribution in [0.2, 0.25) is 0 Å². The van der Waals surface area contributed by atoms with Crippen LogP contribution in [-0.2, 0) is 4.79 Å². The number of nitrogens with one attached hydrogen (secondary N) is 1. The maximum atomic E-state index is 13.0. The second-order valence-electron chi connectivity index (χ2n) is 6.92. The van der Waals surface area contributed by atoms with E-state index in [-0.39, 0.29) is 17.7 Å². The summed E-state index contributed by atoms with van der Waals surface area (Å²) in [4.78, 5) is 16.4. The van der Waals surface area contributed by atoms with Crippen LogP contribution < -0.4 is 5.32 Å². The van der Waals surface area contributed by atoms with Crippen LogP contribution in [0.5, 0.6) is 0 Å². The predicted octanol–water partition coefficient (Wildman–Crippen LogP) is 3.93. The molecule has 1 saturated heterocycles. The molecule has 0 spiro atoms. The molecule has 1 N–H and O–H groups in total. The molecule has 1 aromatic heterocycles. The van der Waals surface area contributed by atoms with Crippen molar-refractivity contribution in [1.82, 2.24) is 10.2 Å². The average Bonchev–Trinajstić information content (AvgIpc) is 3.08. The van der Waals surface area contributed by atoms with E-state index in [1.54, 1.807) is 11.3 Å². The molecule has 1 aliphatic heterocycles. The molecule has 1 saturated carbocycles. The number of nitrogens with zero attached hydrogens (tertiary/aromatic N) is 1. The van der Waals surface area contributed by atoms with Gasteiger partial charge in [0.15, 0.2) is 0 Å². The Kier molecular flexibility index (Phi) is 4.10. The van der Waals surface area contributed by atoms with Crippen molar-refractivity contribution in [2.75, 3.05) is 0 Å². The molecule has 2 heterocycles. The van der Waals surface area contributed by atoms with Gasteiger partial charge in [0.1, 0.15) is 6.17 Å². The number of hydrogen-bond acceptors (Lipinski definition) is 3. The van der Waals surface area contributed by atoms with Crippen LogP contribution in [-0.4, -0.2) is 22.4 Å². The lowest BCUT2D eigenvalue weighted by molar-refractivity contribution is -0.136. The Bertz CT molecular complexity index is 493. The first-order chi connectivity index (χ1) is 10.1. The summed E-state index contributed by atoms with van der Waals surface area (Å²) in [6.45, 7) is 6.67.